The van der Waals surface area contributed by atoms with Gasteiger partial charge in [0.05, 0.1) is 17.0 Å². The summed E-state index contributed by atoms with van der Waals surface area (Å²) in [6.07, 6.45) is 0.0955. The van der Waals surface area contributed by atoms with Gasteiger partial charge < -0.3 is 10.3 Å². The number of carbonyl (C=O) groups is 1. The maximum Gasteiger partial charge on any atom is 0.264 e. The van der Waals surface area contributed by atoms with Crippen LogP contribution in [0.5, 0.6) is 0 Å². The largest absolute Gasteiger partial charge is 0.369 e. The normalized spacial score (nSPS) is 11.6. The molecule has 1 aromatic heterocycles. The Bertz CT molecular complexity index is 1070. The Kier molecular flexibility index (Phi) is 4.22. The molecule has 0 aliphatic heterocycles. The molecule has 3 rings (SSSR count). The first-order valence-corrected chi connectivity index (χ1v) is 9.02. The van der Waals surface area contributed by atoms with E-state index < -0.39 is 15.9 Å². The minimum Gasteiger partial charge on any atom is -0.369 e. The highest BCUT2D eigenvalue weighted by molar-refractivity contribution is 7.92. The molecule has 0 unspecified atom stereocenters. The van der Waals surface area contributed by atoms with E-state index in [4.69, 9.17) is 10.3 Å². The number of nitrogens with two attached hydrogens (primary N) is 1. The standard InChI is InChI=1S/C17H17N3O4S/c1-10-11(2)19-24-17(10)20-25(22,23)14-6-7-15-12(8-14)4-3-5-13(15)9-16(18)21/h3-8,20H,9H2,1-2H3,(H2,18,21). The van der Waals surface area contributed by atoms with Gasteiger partial charge >= 0.3 is 0 Å². The van der Waals surface area contributed by atoms with Crippen LogP contribution in [0.1, 0.15) is 16.8 Å². The van der Waals surface area contributed by atoms with Gasteiger partial charge in [-0.25, -0.2) is 13.1 Å². The van der Waals surface area contributed by atoms with Gasteiger partial charge in [0.25, 0.3) is 10.0 Å². The highest BCUT2D eigenvalue weighted by atomic mass is 32.2. The summed E-state index contributed by atoms with van der Waals surface area (Å²) in [5.74, 6) is -0.345. The SMILES string of the molecule is Cc1noc(NS(=O)(=O)c2ccc3c(CC(N)=O)cccc3c2)c1C. The third-order valence-electron chi connectivity index (χ3n) is 4.00. The predicted octanol–water partition coefficient (Wildman–Crippen LogP) is 2.27. The minimum atomic E-state index is -3.83. The summed E-state index contributed by atoms with van der Waals surface area (Å²) in [6.45, 7) is 3.45. The van der Waals surface area contributed by atoms with Gasteiger partial charge in [-0.1, -0.05) is 29.4 Å². The van der Waals surface area contributed by atoms with Crippen LogP contribution in [0.15, 0.2) is 45.8 Å². The number of hydrogen-bond donors (Lipinski definition) is 2. The number of carbonyl (C=O) groups excluding carboxylic acids is 1. The molecular weight excluding hydrogens is 342 g/mol. The molecule has 1 amide bonds. The number of rotatable bonds is 5. The smallest absolute Gasteiger partial charge is 0.264 e. The van der Waals surface area contributed by atoms with Gasteiger partial charge in [-0.3, -0.25) is 4.79 Å². The first-order chi connectivity index (χ1) is 11.8. The van der Waals surface area contributed by atoms with E-state index in [9.17, 15) is 13.2 Å². The molecular formula is C17H17N3O4S. The average Bonchev–Trinajstić information content (AvgIpc) is 2.86. The second kappa shape index (κ2) is 6.21. The zero-order valence-electron chi connectivity index (χ0n) is 13.7. The van der Waals surface area contributed by atoms with E-state index >= 15 is 0 Å². The minimum absolute atomic E-state index is 0.0877. The summed E-state index contributed by atoms with van der Waals surface area (Å²) in [5.41, 5.74) is 7.26. The van der Waals surface area contributed by atoms with E-state index in [0.29, 0.717) is 16.6 Å². The Morgan fingerprint density at radius 1 is 1.24 bits per heavy atom. The van der Waals surface area contributed by atoms with Crippen LogP contribution in [0.25, 0.3) is 10.8 Å². The number of sulfonamides is 1. The van der Waals surface area contributed by atoms with E-state index in [1.54, 1.807) is 44.2 Å². The summed E-state index contributed by atoms with van der Waals surface area (Å²) in [5, 5.41) is 5.22. The molecule has 0 saturated heterocycles. The third-order valence-corrected chi connectivity index (χ3v) is 5.33. The molecule has 1 heterocycles. The van der Waals surface area contributed by atoms with E-state index in [0.717, 1.165) is 10.9 Å². The molecule has 7 nitrogen and oxygen atoms in total. The maximum atomic E-state index is 12.6. The Hall–Kier alpha value is -2.87. The van der Waals surface area contributed by atoms with Crippen molar-refractivity contribution in [2.45, 2.75) is 25.2 Å². The van der Waals surface area contributed by atoms with Gasteiger partial charge in [-0.05, 0) is 42.3 Å². The molecule has 2 aromatic carbocycles. The molecule has 25 heavy (non-hydrogen) atoms. The second-order valence-electron chi connectivity index (χ2n) is 5.77. The fraction of sp³-hybridized carbons (Fsp3) is 0.176. The summed E-state index contributed by atoms with van der Waals surface area (Å²) in [4.78, 5) is 11.3. The van der Waals surface area contributed by atoms with Crippen molar-refractivity contribution in [3.05, 3.63) is 53.2 Å². The molecule has 8 heteroatoms. The molecule has 3 aromatic rings. The van der Waals surface area contributed by atoms with Crippen LogP contribution >= 0.6 is 0 Å². The van der Waals surface area contributed by atoms with Crippen LogP contribution in [0.2, 0.25) is 0 Å². The molecule has 0 radical (unpaired) electrons. The number of amides is 1. The van der Waals surface area contributed by atoms with Crippen molar-refractivity contribution < 1.29 is 17.7 Å². The monoisotopic (exact) mass is 359 g/mol. The highest BCUT2D eigenvalue weighted by Gasteiger charge is 2.19. The Morgan fingerprint density at radius 2 is 2.00 bits per heavy atom. The van der Waals surface area contributed by atoms with Crippen LogP contribution in [-0.2, 0) is 21.2 Å². The molecule has 3 N–H and O–H groups in total. The summed E-state index contributed by atoms with van der Waals surface area (Å²) >= 11 is 0. The molecule has 130 valence electrons. The fourth-order valence-electron chi connectivity index (χ4n) is 2.53. The van der Waals surface area contributed by atoms with Crippen molar-refractivity contribution in [1.29, 1.82) is 0 Å². The van der Waals surface area contributed by atoms with Gasteiger partial charge in [0.2, 0.25) is 11.8 Å². The van der Waals surface area contributed by atoms with Crippen molar-refractivity contribution >= 4 is 32.6 Å². The van der Waals surface area contributed by atoms with Crippen molar-refractivity contribution in [2.24, 2.45) is 5.73 Å². The number of anilines is 1. The molecule has 0 atom stereocenters. The lowest BCUT2D eigenvalue weighted by molar-refractivity contribution is -0.117. The molecule has 0 spiro atoms. The molecule has 0 bridgehead atoms. The van der Waals surface area contributed by atoms with Crippen LogP contribution in [-0.4, -0.2) is 19.5 Å². The zero-order chi connectivity index (χ0) is 18.2. The van der Waals surface area contributed by atoms with E-state index in [2.05, 4.69) is 9.88 Å². The van der Waals surface area contributed by atoms with Gasteiger partial charge in [0, 0.05) is 5.56 Å². The highest BCUT2D eigenvalue weighted by Crippen LogP contribution is 2.26. The molecule has 0 aliphatic rings. The van der Waals surface area contributed by atoms with Crippen molar-refractivity contribution in [3.63, 3.8) is 0 Å². The average molecular weight is 359 g/mol. The molecule has 0 saturated carbocycles. The van der Waals surface area contributed by atoms with Crippen LogP contribution < -0.4 is 10.5 Å². The lowest BCUT2D eigenvalue weighted by atomic mass is 10.0. The fourth-order valence-corrected chi connectivity index (χ4v) is 3.61. The van der Waals surface area contributed by atoms with Gasteiger partial charge in [0.1, 0.15) is 0 Å². The Labute approximate surface area is 144 Å². The number of fused-ring (bicyclic) bond motifs is 1. The first-order valence-electron chi connectivity index (χ1n) is 7.53. The first kappa shape index (κ1) is 17.0. The Morgan fingerprint density at radius 3 is 2.64 bits per heavy atom. The van der Waals surface area contributed by atoms with Crippen LogP contribution in [0, 0.1) is 13.8 Å². The summed E-state index contributed by atoms with van der Waals surface area (Å²) < 4.78 is 32.6. The second-order valence-corrected chi connectivity index (χ2v) is 7.45. The lowest BCUT2D eigenvalue weighted by Crippen LogP contribution is -2.14. The van der Waals surface area contributed by atoms with Crippen molar-refractivity contribution in [2.75, 3.05) is 4.72 Å². The van der Waals surface area contributed by atoms with Crippen LogP contribution in [0.3, 0.4) is 0 Å². The van der Waals surface area contributed by atoms with E-state index in [1.807, 2.05) is 0 Å². The number of nitrogens with zero attached hydrogens (tertiary/aromatic N) is 1. The number of nitrogens with one attached hydrogen (secondary N) is 1. The van der Waals surface area contributed by atoms with E-state index in [-0.39, 0.29) is 17.2 Å². The third kappa shape index (κ3) is 3.34. The number of aromatic nitrogens is 1. The topological polar surface area (TPSA) is 115 Å². The summed E-state index contributed by atoms with van der Waals surface area (Å²) in [6, 6.07) is 10.0. The van der Waals surface area contributed by atoms with Crippen molar-refractivity contribution in [1.82, 2.24) is 5.16 Å². The van der Waals surface area contributed by atoms with Crippen LogP contribution in [0.4, 0.5) is 5.88 Å². The maximum absolute atomic E-state index is 12.6. The Balaban J connectivity index is 2.01. The number of benzene rings is 2. The molecule has 0 aliphatic carbocycles. The van der Waals surface area contributed by atoms with E-state index in [1.165, 1.54) is 6.07 Å². The number of hydrogen-bond acceptors (Lipinski definition) is 5. The molecule has 0 fully saturated rings. The number of primary amides is 1. The zero-order valence-corrected chi connectivity index (χ0v) is 14.6. The number of aryl methyl sites for hydroxylation is 1. The quantitative estimate of drug-likeness (QED) is 0.725. The predicted molar refractivity (Wildman–Crippen MR) is 93.6 cm³/mol. The lowest BCUT2D eigenvalue weighted by Gasteiger charge is -2.09. The summed E-state index contributed by atoms with van der Waals surface area (Å²) in [7, 11) is -3.83. The van der Waals surface area contributed by atoms with Crippen molar-refractivity contribution in [3.8, 4) is 0 Å². The van der Waals surface area contributed by atoms with Gasteiger partial charge in [-0.2, -0.15) is 0 Å². The van der Waals surface area contributed by atoms with Gasteiger partial charge in [-0.15, -0.1) is 0 Å². The van der Waals surface area contributed by atoms with Gasteiger partial charge in [0.15, 0.2) is 0 Å².